The number of rotatable bonds is 7. The molecule has 0 aliphatic rings. The van der Waals surface area contributed by atoms with Gasteiger partial charge in [-0.2, -0.15) is 0 Å². The molecule has 0 aliphatic carbocycles. The minimum absolute atomic E-state index is 0.217. The maximum atomic E-state index is 12.4. The van der Waals surface area contributed by atoms with Crippen LogP contribution >= 0.6 is 11.6 Å². The summed E-state index contributed by atoms with van der Waals surface area (Å²) in [5.74, 6) is -1.43. The molecule has 0 aliphatic heterocycles. The van der Waals surface area contributed by atoms with Crippen LogP contribution in [0.5, 0.6) is 0 Å². The monoisotopic (exact) mass is 313 g/mol. The Bertz CT molecular complexity index is 499. The van der Waals surface area contributed by atoms with E-state index in [-0.39, 0.29) is 18.9 Å². The third-order valence-electron chi connectivity index (χ3n) is 3.35. The summed E-state index contributed by atoms with van der Waals surface area (Å²) in [5.41, 5.74) is -0.0916. The second-order valence-electron chi connectivity index (χ2n) is 5.28. The average molecular weight is 314 g/mol. The molecule has 1 aromatic carbocycles. The predicted octanol–water partition coefficient (Wildman–Crippen LogP) is 2.22. The lowest BCUT2D eigenvalue weighted by atomic mass is 9.83. The first kappa shape index (κ1) is 17.5. The molecule has 0 radical (unpaired) electrons. The minimum atomic E-state index is -1.08. The molecule has 1 aromatic rings. The number of nitrogens with one attached hydrogen (secondary N) is 1. The summed E-state index contributed by atoms with van der Waals surface area (Å²) in [6, 6.07) is 5.94. The number of amides is 1. The molecule has 116 valence electrons. The smallest absolute Gasteiger partial charge is 0.326 e. The van der Waals surface area contributed by atoms with E-state index in [2.05, 4.69) is 5.32 Å². The molecule has 6 heteroatoms. The fourth-order valence-electron chi connectivity index (χ4n) is 1.83. The summed E-state index contributed by atoms with van der Waals surface area (Å²) < 4.78 is 4.86. The summed E-state index contributed by atoms with van der Waals surface area (Å²) in [4.78, 5) is 23.5. The van der Waals surface area contributed by atoms with Gasteiger partial charge in [-0.05, 0) is 31.5 Å². The number of carbonyl (C=O) groups is 2. The Morgan fingerprint density at radius 3 is 2.38 bits per heavy atom. The van der Waals surface area contributed by atoms with Gasteiger partial charge in [0.25, 0.3) is 0 Å². The SMILES string of the molecule is COCCC(NC(=O)C(C)(C)c1ccc(Cl)cc1)C(=O)O. The number of carboxylic acids is 1. The number of aliphatic carboxylic acids is 1. The quantitative estimate of drug-likeness (QED) is 0.809. The van der Waals surface area contributed by atoms with Crippen LogP contribution in [0.25, 0.3) is 0 Å². The van der Waals surface area contributed by atoms with Gasteiger partial charge in [-0.15, -0.1) is 0 Å². The van der Waals surface area contributed by atoms with Crippen molar-refractivity contribution in [3.63, 3.8) is 0 Å². The van der Waals surface area contributed by atoms with Crippen molar-refractivity contribution in [3.8, 4) is 0 Å². The van der Waals surface area contributed by atoms with Gasteiger partial charge >= 0.3 is 5.97 Å². The van der Waals surface area contributed by atoms with Crippen LogP contribution < -0.4 is 5.32 Å². The topological polar surface area (TPSA) is 75.6 Å². The van der Waals surface area contributed by atoms with Crippen molar-refractivity contribution >= 4 is 23.5 Å². The van der Waals surface area contributed by atoms with Crippen molar-refractivity contribution in [2.75, 3.05) is 13.7 Å². The van der Waals surface area contributed by atoms with Crippen molar-refractivity contribution in [1.29, 1.82) is 0 Å². The Labute approximate surface area is 129 Å². The van der Waals surface area contributed by atoms with Crippen LogP contribution in [0.3, 0.4) is 0 Å². The van der Waals surface area contributed by atoms with E-state index in [1.54, 1.807) is 38.1 Å². The summed E-state index contributed by atoms with van der Waals surface area (Å²) in [6.07, 6.45) is 0.217. The second-order valence-corrected chi connectivity index (χ2v) is 5.71. The number of methoxy groups -OCH3 is 1. The van der Waals surface area contributed by atoms with E-state index in [0.29, 0.717) is 5.02 Å². The molecule has 0 aromatic heterocycles. The minimum Gasteiger partial charge on any atom is -0.480 e. The van der Waals surface area contributed by atoms with Crippen molar-refractivity contribution < 1.29 is 19.4 Å². The molecular formula is C15H20ClNO4. The molecule has 0 saturated heterocycles. The van der Waals surface area contributed by atoms with Crippen LogP contribution in [0.1, 0.15) is 25.8 Å². The van der Waals surface area contributed by atoms with Crippen LogP contribution in [0.15, 0.2) is 24.3 Å². The lowest BCUT2D eigenvalue weighted by molar-refractivity contribution is -0.143. The number of halogens is 1. The van der Waals surface area contributed by atoms with E-state index in [9.17, 15) is 9.59 Å². The van der Waals surface area contributed by atoms with Gasteiger partial charge in [0, 0.05) is 25.2 Å². The normalized spacial score (nSPS) is 12.8. The lowest BCUT2D eigenvalue weighted by Gasteiger charge is -2.26. The number of hydrogen-bond acceptors (Lipinski definition) is 3. The highest BCUT2D eigenvalue weighted by Crippen LogP contribution is 2.25. The first-order valence-electron chi connectivity index (χ1n) is 6.57. The number of carbonyl (C=O) groups excluding carboxylic acids is 1. The number of ether oxygens (including phenoxy) is 1. The maximum Gasteiger partial charge on any atom is 0.326 e. The zero-order valence-corrected chi connectivity index (χ0v) is 13.1. The van der Waals surface area contributed by atoms with Crippen LogP contribution in [0.4, 0.5) is 0 Å². The van der Waals surface area contributed by atoms with Crippen LogP contribution in [0.2, 0.25) is 5.02 Å². The van der Waals surface area contributed by atoms with Crippen molar-refractivity contribution in [2.45, 2.75) is 31.7 Å². The lowest BCUT2D eigenvalue weighted by Crippen LogP contribution is -2.48. The Morgan fingerprint density at radius 2 is 1.90 bits per heavy atom. The van der Waals surface area contributed by atoms with E-state index in [0.717, 1.165) is 5.56 Å². The Hall–Kier alpha value is -1.59. The molecule has 1 rings (SSSR count). The van der Waals surface area contributed by atoms with Gasteiger partial charge in [0.05, 0.1) is 5.41 Å². The fourth-order valence-corrected chi connectivity index (χ4v) is 1.96. The molecule has 21 heavy (non-hydrogen) atoms. The summed E-state index contributed by atoms with van der Waals surface area (Å²) >= 11 is 5.83. The van der Waals surface area contributed by atoms with E-state index in [1.165, 1.54) is 7.11 Å². The van der Waals surface area contributed by atoms with Gasteiger partial charge in [0.1, 0.15) is 6.04 Å². The molecule has 1 unspecified atom stereocenters. The summed E-state index contributed by atoms with van der Waals surface area (Å²) in [6.45, 7) is 3.74. The molecule has 1 amide bonds. The Kier molecular flexibility index (Phi) is 6.18. The molecule has 0 bridgehead atoms. The van der Waals surface area contributed by atoms with Crippen LogP contribution in [0, 0.1) is 0 Å². The molecular weight excluding hydrogens is 294 g/mol. The molecule has 2 N–H and O–H groups in total. The van der Waals surface area contributed by atoms with Gasteiger partial charge in [-0.25, -0.2) is 4.79 Å². The molecule has 5 nitrogen and oxygen atoms in total. The van der Waals surface area contributed by atoms with Crippen molar-refractivity contribution in [3.05, 3.63) is 34.9 Å². The number of carboxylic acid groups (broad SMARTS) is 1. The third kappa shape index (κ3) is 4.72. The van der Waals surface area contributed by atoms with Crippen molar-refractivity contribution in [2.24, 2.45) is 0 Å². The van der Waals surface area contributed by atoms with Gasteiger partial charge in [-0.3, -0.25) is 4.79 Å². The maximum absolute atomic E-state index is 12.4. The van der Waals surface area contributed by atoms with Gasteiger partial charge in [0.2, 0.25) is 5.91 Å². The Morgan fingerprint density at radius 1 is 1.33 bits per heavy atom. The second kappa shape index (κ2) is 7.43. The highest BCUT2D eigenvalue weighted by Gasteiger charge is 2.32. The van der Waals surface area contributed by atoms with Gasteiger partial charge in [-0.1, -0.05) is 23.7 Å². The third-order valence-corrected chi connectivity index (χ3v) is 3.60. The first-order chi connectivity index (χ1) is 9.78. The molecule has 1 atom stereocenters. The number of benzene rings is 1. The zero-order valence-electron chi connectivity index (χ0n) is 12.4. The average Bonchev–Trinajstić information content (AvgIpc) is 2.43. The predicted molar refractivity (Wildman–Crippen MR) is 80.5 cm³/mol. The molecule has 0 fully saturated rings. The molecule has 0 saturated carbocycles. The van der Waals surface area contributed by atoms with Crippen LogP contribution in [-0.4, -0.2) is 36.7 Å². The van der Waals surface area contributed by atoms with E-state index in [1.807, 2.05) is 0 Å². The standard InChI is InChI=1S/C15H20ClNO4/c1-15(2,10-4-6-11(16)7-5-10)14(20)17-12(13(18)19)8-9-21-3/h4-7,12H,8-9H2,1-3H3,(H,17,20)(H,18,19). The number of hydrogen-bond donors (Lipinski definition) is 2. The van der Waals surface area contributed by atoms with Crippen molar-refractivity contribution in [1.82, 2.24) is 5.32 Å². The zero-order chi connectivity index (χ0) is 16.0. The fraction of sp³-hybridized carbons (Fsp3) is 0.467. The van der Waals surface area contributed by atoms with E-state index >= 15 is 0 Å². The van der Waals surface area contributed by atoms with Crippen LogP contribution in [-0.2, 0) is 19.7 Å². The van der Waals surface area contributed by atoms with Gasteiger partial charge in [0.15, 0.2) is 0 Å². The van der Waals surface area contributed by atoms with E-state index < -0.39 is 17.4 Å². The van der Waals surface area contributed by atoms with E-state index in [4.69, 9.17) is 21.4 Å². The Balaban J connectivity index is 2.84. The highest BCUT2D eigenvalue weighted by atomic mass is 35.5. The summed E-state index contributed by atoms with van der Waals surface area (Å²) in [7, 11) is 1.48. The molecule has 0 spiro atoms. The highest BCUT2D eigenvalue weighted by molar-refractivity contribution is 6.30. The molecule has 0 heterocycles. The first-order valence-corrected chi connectivity index (χ1v) is 6.95. The van der Waals surface area contributed by atoms with Gasteiger partial charge < -0.3 is 15.2 Å². The largest absolute Gasteiger partial charge is 0.480 e. The summed E-state index contributed by atoms with van der Waals surface area (Å²) in [5, 5.41) is 12.3.